The predicted molar refractivity (Wildman–Crippen MR) is 74.4 cm³/mol. The highest BCUT2D eigenvalue weighted by atomic mass is 32.1. The van der Waals surface area contributed by atoms with Crippen molar-refractivity contribution in [3.8, 4) is 11.4 Å². The first kappa shape index (κ1) is 14.4. The molecule has 0 spiro atoms. The molecule has 7 heteroatoms. The van der Waals surface area contributed by atoms with Crippen molar-refractivity contribution < 1.29 is 13.9 Å². The summed E-state index contributed by atoms with van der Waals surface area (Å²) >= 11 is 0.989. The van der Waals surface area contributed by atoms with E-state index in [0.29, 0.717) is 34.7 Å². The summed E-state index contributed by atoms with van der Waals surface area (Å²) in [6, 6.07) is 0. The minimum absolute atomic E-state index is 0.306. The van der Waals surface area contributed by atoms with Crippen LogP contribution in [0.15, 0.2) is 23.3 Å². The lowest BCUT2D eigenvalue weighted by atomic mass is 10.1. The normalized spacial score (nSPS) is 12.1. The van der Waals surface area contributed by atoms with Crippen LogP contribution in [0.25, 0.3) is 11.4 Å². The van der Waals surface area contributed by atoms with E-state index >= 15 is 0 Å². The molecule has 20 heavy (non-hydrogen) atoms. The first-order chi connectivity index (χ1) is 9.61. The Balaban J connectivity index is 2.04. The van der Waals surface area contributed by atoms with Gasteiger partial charge >= 0.3 is 5.97 Å². The monoisotopic (exact) mass is 293 g/mol. The summed E-state index contributed by atoms with van der Waals surface area (Å²) in [7, 11) is 0. The first-order valence-electron chi connectivity index (χ1n) is 6.16. The number of esters is 1. The number of carbonyl (C=O) groups is 1. The number of ether oxygens (including phenoxy) is 1. The SMILES string of the molecule is C=C[C@H](C)CCOC(=O)c1snnc1-c1coc(C)n1. The fourth-order valence-corrected chi connectivity index (χ4v) is 2.05. The van der Waals surface area contributed by atoms with Crippen molar-refractivity contribution in [2.45, 2.75) is 20.3 Å². The molecule has 2 rings (SSSR count). The fourth-order valence-electron chi connectivity index (χ4n) is 1.49. The highest BCUT2D eigenvalue weighted by Gasteiger charge is 2.21. The third-order valence-corrected chi connectivity index (χ3v) is 3.45. The maximum absolute atomic E-state index is 12.0. The van der Waals surface area contributed by atoms with Crippen molar-refractivity contribution in [1.29, 1.82) is 0 Å². The van der Waals surface area contributed by atoms with Crippen molar-refractivity contribution in [2.75, 3.05) is 6.61 Å². The van der Waals surface area contributed by atoms with Crippen molar-refractivity contribution >= 4 is 17.5 Å². The Morgan fingerprint density at radius 1 is 1.65 bits per heavy atom. The minimum atomic E-state index is -0.438. The van der Waals surface area contributed by atoms with Crippen molar-refractivity contribution in [1.82, 2.24) is 14.6 Å². The average Bonchev–Trinajstić information content (AvgIpc) is 3.06. The van der Waals surface area contributed by atoms with Crippen molar-refractivity contribution in [2.24, 2.45) is 5.92 Å². The molecule has 0 unspecified atom stereocenters. The summed E-state index contributed by atoms with van der Waals surface area (Å²) in [6.45, 7) is 7.75. The van der Waals surface area contributed by atoms with Crippen LogP contribution in [0.4, 0.5) is 0 Å². The molecule has 0 amide bonds. The van der Waals surface area contributed by atoms with E-state index in [0.717, 1.165) is 18.0 Å². The third-order valence-electron chi connectivity index (χ3n) is 2.74. The summed E-state index contributed by atoms with van der Waals surface area (Å²) in [4.78, 5) is 16.5. The highest BCUT2D eigenvalue weighted by molar-refractivity contribution is 7.08. The maximum atomic E-state index is 12.0. The number of hydrogen-bond donors (Lipinski definition) is 0. The molecule has 106 valence electrons. The third kappa shape index (κ3) is 3.30. The van der Waals surface area contributed by atoms with Crippen LogP contribution in [0.3, 0.4) is 0 Å². The molecule has 0 aliphatic rings. The summed E-state index contributed by atoms with van der Waals surface area (Å²) in [6.07, 6.45) is 4.01. The summed E-state index contributed by atoms with van der Waals surface area (Å²) < 4.78 is 14.1. The predicted octanol–water partition coefficient (Wildman–Crippen LogP) is 2.87. The quantitative estimate of drug-likeness (QED) is 0.602. The zero-order chi connectivity index (χ0) is 14.5. The maximum Gasteiger partial charge on any atom is 0.352 e. The molecule has 0 aliphatic heterocycles. The second-order valence-corrected chi connectivity index (χ2v) is 5.09. The molecule has 0 fully saturated rings. The van der Waals surface area contributed by atoms with Gasteiger partial charge in [-0.1, -0.05) is 17.5 Å². The molecule has 1 atom stereocenters. The van der Waals surface area contributed by atoms with Gasteiger partial charge < -0.3 is 9.15 Å². The highest BCUT2D eigenvalue weighted by Crippen LogP contribution is 2.24. The molecule has 2 aromatic heterocycles. The minimum Gasteiger partial charge on any atom is -0.461 e. The Bertz CT molecular complexity index is 606. The topological polar surface area (TPSA) is 78.1 Å². The molecule has 0 bridgehead atoms. The number of oxazole rings is 1. The molecule has 2 heterocycles. The number of aryl methyl sites for hydroxylation is 1. The lowest BCUT2D eigenvalue weighted by Crippen LogP contribution is -2.08. The number of aromatic nitrogens is 3. The van der Waals surface area contributed by atoms with E-state index in [4.69, 9.17) is 9.15 Å². The van der Waals surface area contributed by atoms with Gasteiger partial charge in [0, 0.05) is 6.92 Å². The average molecular weight is 293 g/mol. The Labute approximate surface area is 120 Å². The van der Waals surface area contributed by atoms with Crippen molar-refractivity contribution in [3.63, 3.8) is 0 Å². The van der Waals surface area contributed by atoms with Crippen LogP contribution in [0.2, 0.25) is 0 Å². The number of carbonyl (C=O) groups excluding carboxylic acids is 1. The van der Waals surface area contributed by atoms with Gasteiger partial charge in [0.25, 0.3) is 0 Å². The van der Waals surface area contributed by atoms with Crippen LogP contribution in [0.1, 0.15) is 28.9 Å². The van der Waals surface area contributed by atoms with E-state index in [9.17, 15) is 4.79 Å². The van der Waals surface area contributed by atoms with E-state index in [2.05, 4.69) is 21.1 Å². The molecule has 0 aromatic carbocycles. The first-order valence-corrected chi connectivity index (χ1v) is 6.93. The number of rotatable bonds is 6. The van der Waals surface area contributed by atoms with Crippen LogP contribution < -0.4 is 0 Å². The van der Waals surface area contributed by atoms with Gasteiger partial charge in [-0.25, -0.2) is 9.78 Å². The van der Waals surface area contributed by atoms with E-state index in [1.165, 1.54) is 6.26 Å². The smallest absolute Gasteiger partial charge is 0.352 e. The van der Waals surface area contributed by atoms with E-state index in [1.807, 2.05) is 13.0 Å². The van der Waals surface area contributed by atoms with Gasteiger partial charge in [0.15, 0.2) is 10.8 Å². The Morgan fingerprint density at radius 3 is 3.10 bits per heavy atom. The molecule has 0 saturated heterocycles. The number of allylic oxidation sites excluding steroid dienone is 1. The molecule has 0 saturated carbocycles. The largest absolute Gasteiger partial charge is 0.461 e. The summed E-state index contributed by atoms with van der Waals surface area (Å²) in [5, 5.41) is 3.91. The molecule has 0 N–H and O–H groups in total. The van der Waals surface area contributed by atoms with Gasteiger partial charge in [0.05, 0.1) is 6.61 Å². The summed E-state index contributed by atoms with van der Waals surface area (Å²) in [5.41, 5.74) is 0.885. The van der Waals surface area contributed by atoms with Gasteiger partial charge in [-0.2, -0.15) is 0 Å². The number of nitrogens with zero attached hydrogens (tertiary/aromatic N) is 3. The number of hydrogen-bond acceptors (Lipinski definition) is 7. The second-order valence-electron chi connectivity index (χ2n) is 4.34. The van der Waals surface area contributed by atoms with Crippen LogP contribution >= 0.6 is 11.5 Å². The van der Waals surface area contributed by atoms with Crippen LogP contribution in [0, 0.1) is 12.8 Å². The van der Waals surface area contributed by atoms with Gasteiger partial charge in [-0.3, -0.25) is 0 Å². The second kappa shape index (κ2) is 6.42. The Hall–Kier alpha value is -2.02. The Morgan fingerprint density at radius 2 is 2.45 bits per heavy atom. The molecule has 6 nitrogen and oxygen atoms in total. The van der Waals surface area contributed by atoms with E-state index in [-0.39, 0.29) is 0 Å². The van der Waals surface area contributed by atoms with Crippen LogP contribution in [-0.2, 0) is 4.74 Å². The molecule has 2 aromatic rings. The zero-order valence-electron chi connectivity index (χ0n) is 11.3. The van der Waals surface area contributed by atoms with Crippen LogP contribution in [-0.4, -0.2) is 27.1 Å². The Kier molecular flexibility index (Phi) is 4.62. The molecular formula is C13H15N3O3S. The molecular weight excluding hydrogens is 278 g/mol. The van der Waals surface area contributed by atoms with E-state index in [1.54, 1.807) is 6.92 Å². The lowest BCUT2D eigenvalue weighted by molar-refractivity contribution is 0.0498. The van der Waals surface area contributed by atoms with E-state index < -0.39 is 5.97 Å². The zero-order valence-corrected chi connectivity index (χ0v) is 12.1. The van der Waals surface area contributed by atoms with Gasteiger partial charge in [0.1, 0.15) is 17.7 Å². The lowest BCUT2D eigenvalue weighted by Gasteiger charge is -2.06. The van der Waals surface area contributed by atoms with Crippen LogP contribution in [0.5, 0.6) is 0 Å². The van der Waals surface area contributed by atoms with Gasteiger partial charge in [-0.15, -0.1) is 11.7 Å². The molecule has 0 radical (unpaired) electrons. The van der Waals surface area contributed by atoms with Crippen molar-refractivity contribution in [3.05, 3.63) is 29.7 Å². The fraction of sp³-hybridized carbons (Fsp3) is 0.385. The van der Waals surface area contributed by atoms with Gasteiger partial charge in [-0.05, 0) is 23.9 Å². The standard InChI is InChI=1S/C13H15N3O3S/c1-4-8(2)5-6-18-13(17)12-11(15-16-20-12)10-7-19-9(3)14-10/h4,7-8H,1,5-6H2,2-3H3/t8-/m0/s1. The van der Waals surface area contributed by atoms with Gasteiger partial charge in [0.2, 0.25) is 0 Å². The molecule has 0 aliphatic carbocycles. The summed E-state index contributed by atoms with van der Waals surface area (Å²) in [5.74, 6) is 0.374.